The van der Waals surface area contributed by atoms with E-state index in [1.807, 2.05) is 18.2 Å². The topological polar surface area (TPSA) is 45.9 Å². The third-order valence-corrected chi connectivity index (χ3v) is 6.02. The maximum absolute atomic E-state index is 12.2. The Hall–Kier alpha value is -2.79. The van der Waals surface area contributed by atoms with Crippen molar-refractivity contribution < 1.29 is 9.15 Å². The molecule has 0 saturated carbocycles. The highest BCUT2D eigenvalue weighted by molar-refractivity contribution is 5.82. The van der Waals surface area contributed by atoms with Gasteiger partial charge < -0.3 is 14.1 Å². The summed E-state index contributed by atoms with van der Waals surface area (Å²) in [5.41, 5.74) is 5.14. The summed E-state index contributed by atoms with van der Waals surface area (Å²) < 4.78 is 10.9. The summed E-state index contributed by atoms with van der Waals surface area (Å²) in [6.45, 7) is 11.0. The zero-order valence-electron chi connectivity index (χ0n) is 18.3. The zero-order chi connectivity index (χ0) is 21.3. The number of anilines is 1. The summed E-state index contributed by atoms with van der Waals surface area (Å²) in [5.74, 6) is 1.31. The number of nitrogens with zero attached hydrogens (tertiary/aromatic N) is 2. The number of fused-ring (bicyclic) bond motifs is 1. The highest BCUT2D eigenvalue weighted by Gasteiger charge is 2.19. The van der Waals surface area contributed by atoms with E-state index in [0.29, 0.717) is 11.5 Å². The van der Waals surface area contributed by atoms with Gasteiger partial charge in [-0.2, -0.15) is 0 Å². The van der Waals surface area contributed by atoms with E-state index in [1.165, 1.54) is 16.8 Å². The molecule has 30 heavy (non-hydrogen) atoms. The molecule has 1 aromatic heterocycles. The Morgan fingerprint density at radius 2 is 1.83 bits per heavy atom. The second-order valence-electron chi connectivity index (χ2n) is 8.42. The van der Waals surface area contributed by atoms with Crippen LogP contribution in [0.2, 0.25) is 0 Å². The lowest BCUT2D eigenvalue weighted by molar-refractivity contribution is 0.250. The molecule has 4 rings (SSSR count). The SMILES string of the molecule is COc1cccc(N2CCN(Cc3cc(=O)oc4cc(C)c(C(C)C)cc34)CC2)c1. The number of benzene rings is 2. The molecule has 3 aromatic rings. The summed E-state index contributed by atoms with van der Waals surface area (Å²) in [6.07, 6.45) is 0. The van der Waals surface area contributed by atoms with Crippen molar-refractivity contribution in [3.05, 3.63) is 69.6 Å². The smallest absolute Gasteiger partial charge is 0.336 e. The lowest BCUT2D eigenvalue weighted by atomic mass is 9.95. The predicted octanol–water partition coefficient (Wildman–Crippen LogP) is 4.56. The summed E-state index contributed by atoms with van der Waals surface area (Å²) in [4.78, 5) is 17.0. The number of aryl methyl sites for hydroxylation is 1. The Morgan fingerprint density at radius 3 is 2.53 bits per heavy atom. The molecule has 1 aliphatic heterocycles. The highest BCUT2D eigenvalue weighted by Crippen LogP contribution is 2.28. The van der Waals surface area contributed by atoms with E-state index in [9.17, 15) is 4.79 Å². The molecule has 1 saturated heterocycles. The first-order valence-electron chi connectivity index (χ1n) is 10.6. The first-order chi connectivity index (χ1) is 14.4. The van der Waals surface area contributed by atoms with E-state index in [1.54, 1.807) is 13.2 Å². The fraction of sp³-hybridized carbons (Fsp3) is 0.400. The van der Waals surface area contributed by atoms with Gasteiger partial charge in [-0.1, -0.05) is 19.9 Å². The average Bonchev–Trinajstić information content (AvgIpc) is 2.73. The number of rotatable bonds is 5. The number of ether oxygens (including phenoxy) is 1. The van der Waals surface area contributed by atoms with Gasteiger partial charge in [-0.3, -0.25) is 4.90 Å². The molecule has 1 aliphatic rings. The third kappa shape index (κ3) is 4.21. The van der Waals surface area contributed by atoms with Gasteiger partial charge in [0, 0.05) is 55.9 Å². The van der Waals surface area contributed by atoms with Crippen LogP contribution in [0.3, 0.4) is 0 Å². The van der Waals surface area contributed by atoms with Crippen molar-refractivity contribution in [1.29, 1.82) is 0 Å². The number of hydrogen-bond acceptors (Lipinski definition) is 5. The van der Waals surface area contributed by atoms with Crippen LogP contribution < -0.4 is 15.3 Å². The molecule has 0 atom stereocenters. The molecule has 2 heterocycles. The molecule has 0 aliphatic carbocycles. The van der Waals surface area contributed by atoms with Crippen molar-refractivity contribution in [2.45, 2.75) is 33.2 Å². The van der Waals surface area contributed by atoms with E-state index >= 15 is 0 Å². The summed E-state index contributed by atoms with van der Waals surface area (Å²) in [7, 11) is 1.70. The largest absolute Gasteiger partial charge is 0.497 e. The molecule has 2 aromatic carbocycles. The Morgan fingerprint density at radius 1 is 1.07 bits per heavy atom. The van der Waals surface area contributed by atoms with Gasteiger partial charge in [0.15, 0.2) is 0 Å². The molecule has 5 nitrogen and oxygen atoms in total. The number of methoxy groups -OCH3 is 1. The third-order valence-electron chi connectivity index (χ3n) is 6.02. The monoisotopic (exact) mass is 406 g/mol. The van der Waals surface area contributed by atoms with Gasteiger partial charge in [0.25, 0.3) is 0 Å². The molecule has 0 bridgehead atoms. The van der Waals surface area contributed by atoms with Crippen molar-refractivity contribution in [2.24, 2.45) is 0 Å². The second-order valence-corrected chi connectivity index (χ2v) is 8.42. The van der Waals surface area contributed by atoms with Crippen LogP contribution in [0.25, 0.3) is 11.0 Å². The van der Waals surface area contributed by atoms with Crippen LogP contribution in [0.1, 0.15) is 36.5 Å². The van der Waals surface area contributed by atoms with Crippen molar-refractivity contribution >= 4 is 16.7 Å². The van der Waals surface area contributed by atoms with Crippen LogP contribution in [0.15, 0.2) is 51.7 Å². The molecule has 0 radical (unpaired) electrons. The van der Waals surface area contributed by atoms with E-state index in [-0.39, 0.29) is 5.63 Å². The molecule has 0 unspecified atom stereocenters. The van der Waals surface area contributed by atoms with E-state index in [0.717, 1.165) is 49.4 Å². The molecular formula is C25H30N2O3. The minimum absolute atomic E-state index is 0.274. The fourth-order valence-corrected chi connectivity index (χ4v) is 4.36. The molecule has 1 fully saturated rings. The highest BCUT2D eigenvalue weighted by atomic mass is 16.5. The standard InChI is InChI=1S/C25H30N2O3/c1-17(2)22-15-23-19(13-25(28)30-24(23)12-18(22)3)16-26-8-10-27(11-9-26)20-6-5-7-21(14-20)29-4/h5-7,12-15,17H,8-11,16H2,1-4H3. The summed E-state index contributed by atoms with van der Waals surface area (Å²) in [6, 6.07) is 14.1. The minimum atomic E-state index is -0.274. The van der Waals surface area contributed by atoms with Gasteiger partial charge in [0.1, 0.15) is 11.3 Å². The second kappa shape index (κ2) is 8.52. The van der Waals surface area contributed by atoms with Gasteiger partial charge in [-0.25, -0.2) is 4.79 Å². The zero-order valence-corrected chi connectivity index (χ0v) is 18.3. The lowest BCUT2D eigenvalue weighted by Gasteiger charge is -2.36. The van der Waals surface area contributed by atoms with Gasteiger partial charge >= 0.3 is 5.63 Å². The van der Waals surface area contributed by atoms with E-state index < -0.39 is 0 Å². The van der Waals surface area contributed by atoms with Crippen molar-refractivity contribution in [2.75, 3.05) is 38.2 Å². The molecule has 0 amide bonds. The van der Waals surface area contributed by atoms with Crippen LogP contribution in [-0.2, 0) is 6.54 Å². The van der Waals surface area contributed by atoms with E-state index in [4.69, 9.17) is 9.15 Å². The Bertz CT molecular complexity index is 1100. The fourth-order valence-electron chi connectivity index (χ4n) is 4.36. The maximum atomic E-state index is 12.2. The molecule has 158 valence electrons. The molecular weight excluding hydrogens is 376 g/mol. The van der Waals surface area contributed by atoms with Crippen molar-refractivity contribution in [3.63, 3.8) is 0 Å². The van der Waals surface area contributed by atoms with E-state index in [2.05, 4.69) is 48.8 Å². The molecule has 0 spiro atoms. The molecule has 5 heteroatoms. The van der Waals surface area contributed by atoms with Gasteiger partial charge in [0.2, 0.25) is 0 Å². The minimum Gasteiger partial charge on any atom is -0.497 e. The van der Waals surface area contributed by atoms with Crippen LogP contribution >= 0.6 is 0 Å². The normalized spacial score (nSPS) is 15.2. The Labute approximate surface area is 177 Å². The Balaban J connectivity index is 1.53. The van der Waals surface area contributed by atoms with Crippen molar-refractivity contribution in [1.82, 2.24) is 4.90 Å². The van der Waals surface area contributed by atoms with Gasteiger partial charge in [-0.15, -0.1) is 0 Å². The quantitative estimate of drug-likeness (QED) is 0.582. The molecule has 0 N–H and O–H groups in total. The number of hydrogen-bond donors (Lipinski definition) is 0. The van der Waals surface area contributed by atoms with Gasteiger partial charge in [0.05, 0.1) is 7.11 Å². The lowest BCUT2D eigenvalue weighted by Crippen LogP contribution is -2.46. The van der Waals surface area contributed by atoms with Crippen LogP contribution in [0.5, 0.6) is 5.75 Å². The predicted molar refractivity (Wildman–Crippen MR) is 122 cm³/mol. The first kappa shape index (κ1) is 20.5. The Kier molecular flexibility index (Phi) is 5.82. The van der Waals surface area contributed by atoms with Crippen molar-refractivity contribution in [3.8, 4) is 5.75 Å². The van der Waals surface area contributed by atoms with Crippen LogP contribution in [0, 0.1) is 6.92 Å². The summed E-state index contributed by atoms with van der Waals surface area (Å²) >= 11 is 0. The number of piperazine rings is 1. The first-order valence-corrected chi connectivity index (χ1v) is 10.6. The maximum Gasteiger partial charge on any atom is 0.336 e. The summed E-state index contributed by atoms with van der Waals surface area (Å²) in [5, 5.41) is 1.05. The average molecular weight is 407 g/mol. The van der Waals surface area contributed by atoms with Gasteiger partial charge in [-0.05, 0) is 53.8 Å². The van der Waals surface area contributed by atoms with Crippen LogP contribution in [-0.4, -0.2) is 38.2 Å². The van der Waals surface area contributed by atoms with Crippen LogP contribution in [0.4, 0.5) is 5.69 Å².